The van der Waals surface area contributed by atoms with E-state index in [4.69, 9.17) is 0 Å². The number of benzene rings is 2. The van der Waals surface area contributed by atoms with E-state index in [1.165, 1.54) is 82.2 Å². The van der Waals surface area contributed by atoms with Crippen LogP contribution >= 0.6 is 10.0 Å². The minimum atomic E-state index is -1.29. The summed E-state index contributed by atoms with van der Waals surface area (Å²) in [5.74, 6) is 2.95. The molecule has 7 rings (SSSR count). The van der Waals surface area contributed by atoms with Crippen LogP contribution in [0.4, 0.5) is 22.7 Å². The van der Waals surface area contributed by atoms with Crippen molar-refractivity contribution >= 4 is 32.8 Å². The van der Waals surface area contributed by atoms with E-state index < -0.39 is 10.0 Å². The Hall–Kier alpha value is -5.01. The SMILES string of the molecule is CC(C)c1ccc2c(c1)S(CCCCCN(c1ccncc1)c1ccncc1)(CCCCCN(c1ccncc1)c1ccncc1)c1cc(C(C)(C)C)ccc1-2. The van der Waals surface area contributed by atoms with Crippen molar-refractivity contribution in [3.63, 3.8) is 0 Å². The first-order valence-corrected chi connectivity index (χ1v) is 22.4. The van der Waals surface area contributed by atoms with Crippen molar-refractivity contribution in [1.29, 1.82) is 0 Å². The van der Waals surface area contributed by atoms with Crippen LogP contribution in [0.3, 0.4) is 0 Å². The highest BCUT2D eigenvalue weighted by molar-refractivity contribution is 8.34. The van der Waals surface area contributed by atoms with Gasteiger partial charge < -0.3 is 9.80 Å². The van der Waals surface area contributed by atoms with Crippen LogP contribution in [0.5, 0.6) is 0 Å². The van der Waals surface area contributed by atoms with Crippen LogP contribution in [0.15, 0.2) is 144 Å². The average Bonchev–Trinajstić information content (AvgIpc) is 3.49. The van der Waals surface area contributed by atoms with Crippen LogP contribution in [0, 0.1) is 0 Å². The Labute approximate surface area is 336 Å². The molecule has 1 aliphatic heterocycles. The Bertz CT molecular complexity index is 1960. The Morgan fingerprint density at radius 2 is 0.875 bits per heavy atom. The Kier molecular flexibility index (Phi) is 12.5. The zero-order chi connectivity index (χ0) is 39.0. The van der Waals surface area contributed by atoms with Gasteiger partial charge in [-0.1, -0.05) is 71.7 Å². The summed E-state index contributed by atoms with van der Waals surface area (Å²) in [5, 5.41) is 0. The fourth-order valence-corrected chi connectivity index (χ4v) is 12.8. The minimum Gasteiger partial charge on any atom is -0.341 e. The Morgan fingerprint density at radius 1 is 0.482 bits per heavy atom. The molecule has 5 heterocycles. The van der Waals surface area contributed by atoms with E-state index >= 15 is 0 Å². The number of nitrogens with zero attached hydrogens (tertiary/aromatic N) is 6. The first kappa shape index (κ1) is 39.2. The molecule has 290 valence electrons. The number of pyridine rings is 4. The van der Waals surface area contributed by atoms with E-state index in [1.54, 1.807) is 9.79 Å². The molecule has 0 saturated heterocycles. The number of rotatable bonds is 17. The molecule has 0 saturated carbocycles. The van der Waals surface area contributed by atoms with Crippen molar-refractivity contribution < 1.29 is 0 Å². The van der Waals surface area contributed by atoms with Crippen molar-refractivity contribution in [3.05, 3.63) is 146 Å². The average molecular weight is 763 g/mol. The quantitative estimate of drug-likeness (QED) is 0.0863. The molecule has 0 fully saturated rings. The maximum Gasteiger partial charge on any atom is 0.0441 e. The number of hydrogen-bond donors (Lipinski definition) is 0. The lowest BCUT2D eigenvalue weighted by Crippen LogP contribution is -2.19. The summed E-state index contributed by atoms with van der Waals surface area (Å²) in [7, 11) is -1.29. The highest BCUT2D eigenvalue weighted by Crippen LogP contribution is 2.72. The summed E-state index contributed by atoms with van der Waals surface area (Å²) in [5.41, 5.74) is 10.6. The summed E-state index contributed by atoms with van der Waals surface area (Å²) in [4.78, 5) is 25.2. The molecule has 0 aliphatic carbocycles. The standard InChI is InChI=1S/C49H58N6S/c1-38(2)39-12-14-45-46-15-13-40(49(3,4)5)37-48(46)56(47(45)36-39,34-10-6-8-32-54(41-16-24-50-25-17-41)42-18-26-51-27-19-42)35-11-7-9-33-55(43-20-28-52-29-21-43)44-22-30-53-31-23-44/h12-31,36-38H,6-11,32-35H2,1-5H3. The number of anilines is 4. The first-order chi connectivity index (χ1) is 27.2. The van der Waals surface area contributed by atoms with Gasteiger partial charge in [-0.25, -0.2) is 0 Å². The predicted molar refractivity (Wildman–Crippen MR) is 237 cm³/mol. The van der Waals surface area contributed by atoms with Crippen molar-refractivity contribution in [2.45, 2.75) is 94.3 Å². The molecule has 0 spiro atoms. The molecular weight excluding hydrogens is 705 g/mol. The van der Waals surface area contributed by atoms with Crippen LogP contribution in [0.2, 0.25) is 0 Å². The van der Waals surface area contributed by atoms with Gasteiger partial charge in [0.1, 0.15) is 0 Å². The van der Waals surface area contributed by atoms with Gasteiger partial charge in [-0.3, -0.25) is 19.9 Å². The molecule has 0 unspecified atom stereocenters. The second kappa shape index (κ2) is 17.8. The van der Waals surface area contributed by atoms with Crippen LogP contribution in [-0.4, -0.2) is 44.5 Å². The van der Waals surface area contributed by atoms with Crippen LogP contribution in [0.1, 0.15) is 90.2 Å². The summed E-state index contributed by atoms with van der Waals surface area (Å²) in [6, 6.07) is 31.8. The molecule has 0 atom stereocenters. The second-order valence-electron chi connectivity index (χ2n) is 16.4. The lowest BCUT2D eigenvalue weighted by Gasteiger charge is -2.40. The van der Waals surface area contributed by atoms with E-state index in [2.05, 4.69) is 149 Å². The minimum absolute atomic E-state index is 0.0881. The highest BCUT2D eigenvalue weighted by atomic mass is 32.3. The Morgan fingerprint density at radius 3 is 1.27 bits per heavy atom. The molecule has 1 aliphatic rings. The second-order valence-corrected chi connectivity index (χ2v) is 19.9. The fourth-order valence-electron chi connectivity index (χ4n) is 8.14. The monoisotopic (exact) mass is 762 g/mol. The van der Waals surface area contributed by atoms with Gasteiger partial charge in [-0.15, -0.1) is 0 Å². The van der Waals surface area contributed by atoms with Crippen molar-refractivity contribution in [1.82, 2.24) is 19.9 Å². The summed E-state index contributed by atoms with van der Waals surface area (Å²) >= 11 is 0. The van der Waals surface area contributed by atoms with Crippen LogP contribution in [-0.2, 0) is 5.41 Å². The zero-order valence-corrected chi connectivity index (χ0v) is 34.8. The molecule has 0 bridgehead atoms. The van der Waals surface area contributed by atoms with Gasteiger partial charge >= 0.3 is 0 Å². The van der Waals surface area contributed by atoms with E-state index in [-0.39, 0.29) is 5.41 Å². The number of aromatic nitrogens is 4. The summed E-state index contributed by atoms with van der Waals surface area (Å²) < 4.78 is 0. The van der Waals surface area contributed by atoms with Gasteiger partial charge in [0.25, 0.3) is 0 Å². The molecule has 2 aromatic carbocycles. The zero-order valence-electron chi connectivity index (χ0n) is 33.9. The molecule has 0 N–H and O–H groups in total. The van der Waals surface area contributed by atoms with Gasteiger partial charge in [-0.2, -0.15) is 10.0 Å². The maximum absolute atomic E-state index is 4.29. The molecule has 6 aromatic rings. The van der Waals surface area contributed by atoms with Crippen molar-refractivity contribution in [2.75, 3.05) is 34.4 Å². The van der Waals surface area contributed by atoms with Crippen molar-refractivity contribution in [3.8, 4) is 11.1 Å². The van der Waals surface area contributed by atoms with Crippen LogP contribution < -0.4 is 9.80 Å². The van der Waals surface area contributed by atoms with E-state index in [9.17, 15) is 0 Å². The number of hydrogen-bond acceptors (Lipinski definition) is 6. The van der Waals surface area contributed by atoms with Gasteiger partial charge in [0.2, 0.25) is 0 Å². The topological polar surface area (TPSA) is 58.0 Å². The molecule has 56 heavy (non-hydrogen) atoms. The van der Waals surface area contributed by atoms with Crippen LogP contribution in [0.25, 0.3) is 11.1 Å². The Balaban J connectivity index is 1.14. The predicted octanol–water partition coefficient (Wildman–Crippen LogP) is 12.9. The molecular formula is C49H58N6S. The first-order valence-electron chi connectivity index (χ1n) is 20.5. The van der Waals surface area contributed by atoms with Gasteiger partial charge in [0, 0.05) is 95.2 Å². The third kappa shape index (κ3) is 8.84. The molecule has 0 radical (unpaired) electrons. The fraction of sp³-hybridized carbons (Fsp3) is 0.347. The summed E-state index contributed by atoms with van der Waals surface area (Å²) in [6.07, 6.45) is 22.1. The van der Waals surface area contributed by atoms with E-state index in [0.717, 1.165) is 25.9 Å². The van der Waals surface area contributed by atoms with E-state index in [0.29, 0.717) is 5.92 Å². The van der Waals surface area contributed by atoms with Crippen molar-refractivity contribution in [2.24, 2.45) is 0 Å². The number of unbranched alkanes of at least 4 members (excludes halogenated alkanes) is 4. The number of fused-ring (bicyclic) bond motifs is 3. The van der Waals surface area contributed by atoms with Gasteiger partial charge in [0.15, 0.2) is 0 Å². The van der Waals surface area contributed by atoms with Gasteiger partial charge in [-0.05, 0) is 131 Å². The third-order valence-corrected chi connectivity index (χ3v) is 15.6. The van der Waals surface area contributed by atoms with E-state index in [1.807, 2.05) is 49.6 Å². The smallest absolute Gasteiger partial charge is 0.0441 e. The normalized spacial score (nSPS) is 13.6. The molecule has 0 amide bonds. The molecule has 6 nitrogen and oxygen atoms in total. The lowest BCUT2D eigenvalue weighted by atomic mass is 9.86. The lowest BCUT2D eigenvalue weighted by molar-refractivity contribution is 0.589. The molecule has 7 heteroatoms. The largest absolute Gasteiger partial charge is 0.341 e. The summed E-state index contributed by atoms with van der Waals surface area (Å²) in [6.45, 7) is 13.7. The third-order valence-electron chi connectivity index (χ3n) is 11.3. The maximum atomic E-state index is 4.29. The highest BCUT2D eigenvalue weighted by Gasteiger charge is 2.39. The molecule has 4 aromatic heterocycles. The van der Waals surface area contributed by atoms with Gasteiger partial charge in [0.05, 0.1) is 0 Å².